The highest BCUT2D eigenvalue weighted by atomic mass is 35.5. The van der Waals surface area contributed by atoms with E-state index in [0.29, 0.717) is 12.2 Å². The van der Waals surface area contributed by atoms with Crippen molar-refractivity contribution in [2.45, 2.75) is 32.2 Å². The summed E-state index contributed by atoms with van der Waals surface area (Å²) in [6.45, 7) is 2.43. The Labute approximate surface area is 135 Å². The van der Waals surface area contributed by atoms with Gasteiger partial charge in [0, 0.05) is 25.0 Å². The summed E-state index contributed by atoms with van der Waals surface area (Å²) in [4.78, 5) is 28.6. The van der Waals surface area contributed by atoms with Crippen LogP contribution in [0.1, 0.15) is 36.5 Å². The Morgan fingerprint density at radius 2 is 2.23 bits per heavy atom. The van der Waals surface area contributed by atoms with E-state index in [4.69, 9.17) is 5.73 Å². The molecule has 1 atom stereocenters. The van der Waals surface area contributed by atoms with Crippen LogP contribution >= 0.6 is 12.4 Å². The number of hydrogen-bond donors (Lipinski definition) is 2. The number of carbonyl (C=O) groups excluding carboxylic acids is 1. The molecule has 0 fully saturated rings. The van der Waals surface area contributed by atoms with Crippen molar-refractivity contribution in [2.24, 2.45) is 5.73 Å². The molecular weight excluding hydrogens is 304 g/mol. The average Bonchev–Trinajstić information content (AvgIpc) is 2.51. The van der Waals surface area contributed by atoms with Crippen LogP contribution in [0.15, 0.2) is 35.4 Å². The number of amides is 1. The van der Waals surface area contributed by atoms with Crippen molar-refractivity contribution >= 4 is 24.0 Å². The third-order valence-corrected chi connectivity index (χ3v) is 3.38. The summed E-state index contributed by atoms with van der Waals surface area (Å²) in [6.07, 6.45) is 5.74. The van der Waals surface area contributed by atoms with Crippen LogP contribution in [0.5, 0.6) is 0 Å². The molecule has 0 spiro atoms. The molecule has 0 aromatic carbocycles. The second kappa shape index (κ2) is 8.51. The van der Waals surface area contributed by atoms with Gasteiger partial charge in [0.1, 0.15) is 11.2 Å². The predicted octanol–water partition coefficient (Wildman–Crippen LogP) is 1.36. The van der Waals surface area contributed by atoms with Crippen molar-refractivity contribution in [3.8, 4) is 0 Å². The van der Waals surface area contributed by atoms with Crippen molar-refractivity contribution < 1.29 is 4.79 Å². The largest absolute Gasteiger partial charge is 0.348 e. The van der Waals surface area contributed by atoms with Crippen molar-refractivity contribution in [1.82, 2.24) is 14.7 Å². The highest BCUT2D eigenvalue weighted by molar-refractivity contribution is 5.93. The van der Waals surface area contributed by atoms with E-state index in [9.17, 15) is 9.59 Å². The minimum absolute atomic E-state index is 0. The summed E-state index contributed by atoms with van der Waals surface area (Å²) < 4.78 is 1.36. The molecule has 0 aliphatic rings. The van der Waals surface area contributed by atoms with Crippen LogP contribution in [0.25, 0.3) is 5.65 Å². The van der Waals surface area contributed by atoms with E-state index >= 15 is 0 Å². The zero-order chi connectivity index (χ0) is 15.2. The van der Waals surface area contributed by atoms with Crippen LogP contribution in [0.2, 0.25) is 0 Å². The van der Waals surface area contributed by atoms with Crippen molar-refractivity contribution in [2.75, 3.05) is 6.54 Å². The fourth-order valence-electron chi connectivity index (χ4n) is 2.15. The number of hydrogen-bond acceptors (Lipinski definition) is 4. The molecule has 1 unspecified atom stereocenters. The molecule has 22 heavy (non-hydrogen) atoms. The number of carbonyl (C=O) groups is 1. The fourth-order valence-corrected chi connectivity index (χ4v) is 2.15. The maximum Gasteiger partial charge on any atom is 0.270 e. The molecule has 0 aliphatic heterocycles. The molecule has 120 valence electrons. The highest BCUT2D eigenvalue weighted by Crippen LogP contribution is 2.02. The molecule has 7 heteroatoms. The average molecular weight is 325 g/mol. The third-order valence-electron chi connectivity index (χ3n) is 3.38. The number of halogens is 1. The van der Waals surface area contributed by atoms with E-state index in [1.54, 1.807) is 24.4 Å². The number of nitrogens with two attached hydrogens (primary N) is 1. The zero-order valence-electron chi connectivity index (χ0n) is 12.5. The maximum absolute atomic E-state index is 12.3. The number of aromatic nitrogens is 2. The Kier molecular flexibility index (Phi) is 7.01. The van der Waals surface area contributed by atoms with E-state index in [1.807, 2.05) is 0 Å². The first-order chi connectivity index (χ1) is 10.2. The number of unbranched alkanes of at least 4 members (excludes halogenated alkanes) is 1. The van der Waals surface area contributed by atoms with Crippen LogP contribution in [0, 0.1) is 0 Å². The summed E-state index contributed by atoms with van der Waals surface area (Å²) in [5, 5.41) is 2.81. The highest BCUT2D eigenvalue weighted by Gasteiger charge is 2.16. The van der Waals surface area contributed by atoms with Gasteiger partial charge in [-0.15, -0.1) is 12.4 Å². The number of pyridine rings is 1. The predicted molar refractivity (Wildman–Crippen MR) is 88.5 cm³/mol. The maximum atomic E-state index is 12.3. The molecule has 1 amide bonds. The number of fused-ring (bicyclic) bond motifs is 1. The molecule has 2 aromatic rings. The van der Waals surface area contributed by atoms with Gasteiger partial charge < -0.3 is 11.1 Å². The molecule has 6 nitrogen and oxygen atoms in total. The van der Waals surface area contributed by atoms with E-state index in [2.05, 4.69) is 17.2 Å². The van der Waals surface area contributed by atoms with Crippen molar-refractivity contribution in [3.05, 3.63) is 46.5 Å². The number of nitrogens with one attached hydrogen (secondary N) is 1. The van der Waals surface area contributed by atoms with Crippen LogP contribution in [-0.2, 0) is 0 Å². The van der Waals surface area contributed by atoms with E-state index in [-0.39, 0.29) is 29.6 Å². The standard InChI is InChI=1S/C15H20N4O2.ClH/c1-2-3-6-11(9-16)18-14(20)12-10-17-13-7-4-5-8-19(13)15(12)21;/h4-5,7-8,10-11H,2-3,6,9,16H2,1H3,(H,18,20);1H. The van der Waals surface area contributed by atoms with E-state index in [0.717, 1.165) is 19.3 Å². The topological polar surface area (TPSA) is 89.5 Å². The first-order valence-corrected chi connectivity index (χ1v) is 7.14. The Bertz CT molecular complexity index is 687. The molecule has 0 saturated heterocycles. The summed E-state index contributed by atoms with van der Waals surface area (Å²) in [5.74, 6) is -0.419. The Morgan fingerprint density at radius 1 is 1.45 bits per heavy atom. The molecule has 0 aliphatic carbocycles. The second-order valence-corrected chi connectivity index (χ2v) is 4.95. The lowest BCUT2D eigenvalue weighted by Gasteiger charge is -2.16. The zero-order valence-corrected chi connectivity index (χ0v) is 13.3. The molecule has 2 rings (SSSR count). The van der Waals surface area contributed by atoms with Gasteiger partial charge in [-0.25, -0.2) is 4.98 Å². The Morgan fingerprint density at radius 3 is 2.91 bits per heavy atom. The number of nitrogens with zero attached hydrogens (tertiary/aromatic N) is 2. The fraction of sp³-hybridized carbons (Fsp3) is 0.400. The second-order valence-electron chi connectivity index (χ2n) is 4.95. The number of rotatable bonds is 6. The van der Waals surface area contributed by atoms with Crippen molar-refractivity contribution in [1.29, 1.82) is 0 Å². The normalized spacial score (nSPS) is 11.7. The molecule has 0 radical (unpaired) electrons. The molecule has 3 N–H and O–H groups in total. The Balaban J connectivity index is 0.00000242. The first-order valence-electron chi connectivity index (χ1n) is 7.14. The van der Waals surface area contributed by atoms with Gasteiger partial charge in [0.15, 0.2) is 0 Å². The molecule has 2 aromatic heterocycles. The summed E-state index contributed by atoms with van der Waals surface area (Å²) in [6, 6.07) is 5.11. The summed E-state index contributed by atoms with van der Waals surface area (Å²) in [5.41, 5.74) is 5.83. The van der Waals surface area contributed by atoms with E-state index in [1.165, 1.54) is 10.6 Å². The quantitative estimate of drug-likeness (QED) is 0.839. The lowest BCUT2D eigenvalue weighted by atomic mass is 10.1. The van der Waals surface area contributed by atoms with Crippen LogP contribution in [0.3, 0.4) is 0 Å². The minimum atomic E-state index is -0.419. The van der Waals surface area contributed by atoms with Gasteiger partial charge in [0.25, 0.3) is 11.5 Å². The van der Waals surface area contributed by atoms with Crippen LogP contribution in [-0.4, -0.2) is 27.9 Å². The van der Waals surface area contributed by atoms with Gasteiger partial charge in [-0.05, 0) is 18.6 Å². The van der Waals surface area contributed by atoms with Gasteiger partial charge in [-0.2, -0.15) is 0 Å². The van der Waals surface area contributed by atoms with Gasteiger partial charge in [0.05, 0.1) is 0 Å². The molecule has 2 heterocycles. The summed E-state index contributed by atoms with van der Waals surface area (Å²) in [7, 11) is 0. The molecule has 0 bridgehead atoms. The SMILES string of the molecule is CCCCC(CN)NC(=O)c1cnc2ccccn2c1=O.Cl. The Hall–Kier alpha value is -1.92. The van der Waals surface area contributed by atoms with Gasteiger partial charge in [-0.1, -0.05) is 25.8 Å². The molecule has 0 saturated carbocycles. The summed E-state index contributed by atoms with van der Waals surface area (Å²) >= 11 is 0. The lowest BCUT2D eigenvalue weighted by molar-refractivity contribution is 0.0933. The van der Waals surface area contributed by atoms with Gasteiger partial charge in [0.2, 0.25) is 0 Å². The van der Waals surface area contributed by atoms with Gasteiger partial charge in [-0.3, -0.25) is 14.0 Å². The van der Waals surface area contributed by atoms with Gasteiger partial charge >= 0.3 is 0 Å². The van der Waals surface area contributed by atoms with Crippen LogP contribution in [0.4, 0.5) is 0 Å². The smallest absolute Gasteiger partial charge is 0.270 e. The van der Waals surface area contributed by atoms with Crippen molar-refractivity contribution in [3.63, 3.8) is 0 Å². The van der Waals surface area contributed by atoms with E-state index < -0.39 is 5.91 Å². The monoisotopic (exact) mass is 324 g/mol. The lowest BCUT2D eigenvalue weighted by Crippen LogP contribution is -2.42. The first kappa shape index (κ1) is 18.1. The third kappa shape index (κ3) is 4.05. The minimum Gasteiger partial charge on any atom is -0.348 e. The molecular formula is C15H21ClN4O2. The van der Waals surface area contributed by atoms with Crippen LogP contribution < -0.4 is 16.6 Å².